The Morgan fingerprint density at radius 1 is 1.32 bits per heavy atom. The second kappa shape index (κ2) is 10.8. The molecule has 1 unspecified atom stereocenters. The van der Waals surface area contributed by atoms with E-state index in [-0.39, 0.29) is 12.0 Å². The van der Waals surface area contributed by atoms with Crippen molar-refractivity contribution in [1.82, 2.24) is 15.6 Å². The second-order valence-corrected chi connectivity index (χ2v) is 8.23. The molecule has 1 saturated carbocycles. The third kappa shape index (κ3) is 6.44. The van der Waals surface area contributed by atoms with Crippen molar-refractivity contribution >= 4 is 23.3 Å². The lowest BCUT2D eigenvalue weighted by Gasteiger charge is -2.18. The molecule has 158 valence electrons. The molecule has 2 N–H and O–H groups in total. The molecule has 0 aromatic carbocycles. The molecule has 1 aromatic heterocycles. The van der Waals surface area contributed by atoms with Gasteiger partial charge in [0.15, 0.2) is 5.96 Å². The first-order chi connectivity index (χ1) is 13.4. The molecule has 0 aliphatic heterocycles. The van der Waals surface area contributed by atoms with Gasteiger partial charge in [-0.1, -0.05) is 0 Å². The molecule has 1 atom stereocenters. The van der Waals surface area contributed by atoms with Crippen LogP contribution in [-0.4, -0.2) is 49.8 Å². The number of hydrogen-bond donors (Lipinski definition) is 2. The number of guanidine groups is 1. The Hall–Kier alpha value is -1.67. The fraction of sp³-hybridized carbons (Fsp3) is 0.750. The minimum Gasteiger partial charge on any atom is -0.462 e. The van der Waals surface area contributed by atoms with E-state index >= 15 is 0 Å². The molecule has 1 fully saturated rings. The number of carbonyl (C=O) groups is 1. The zero-order valence-electron chi connectivity index (χ0n) is 17.8. The molecule has 28 heavy (non-hydrogen) atoms. The summed E-state index contributed by atoms with van der Waals surface area (Å²) in [6, 6.07) is -0.0525. The van der Waals surface area contributed by atoms with Gasteiger partial charge < -0.3 is 20.1 Å². The van der Waals surface area contributed by atoms with Crippen molar-refractivity contribution in [3.05, 3.63) is 15.6 Å². The van der Waals surface area contributed by atoms with Gasteiger partial charge >= 0.3 is 5.97 Å². The number of nitrogens with zero attached hydrogens (tertiary/aromatic N) is 2. The third-order valence-electron chi connectivity index (χ3n) is 4.85. The summed E-state index contributed by atoms with van der Waals surface area (Å²) in [5, 5.41) is 7.58. The standard InChI is InChI=1S/C20H34N4O3S/c1-6-21-19(22-13-20(9-10-20)11-12-26-7-2)24-15(5)17-23-14(4)16(28-17)18(25)27-8-3/h15H,6-13H2,1-5H3,(H2,21,22,24). The number of esters is 1. The molecule has 7 nitrogen and oxygen atoms in total. The van der Waals surface area contributed by atoms with Crippen LogP contribution in [0.5, 0.6) is 0 Å². The van der Waals surface area contributed by atoms with E-state index < -0.39 is 0 Å². The highest BCUT2D eigenvalue weighted by Crippen LogP contribution is 2.49. The summed E-state index contributed by atoms with van der Waals surface area (Å²) in [7, 11) is 0. The minimum absolute atomic E-state index is 0.0525. The monoisotopic (exact) mass is 410 g/mol. The molecule has 0 saturated heterocycles. The average molecular weight is 411 g/mol. The normalized spacial score (nSPS) is 16.5. The highest BCUT2D eigenvalue weighted by atomic mass is 32.1. The third-order valence-corrected chi connectivity index (χ3v) is 6.17. The number of thiazole rings is 1. The molecule has 1 aliphatic rings. The maximum Gasteiger partial charge on any atom is 0.350 e. The largest absolute Gasteiger partial charge is 0.462 e. The van der Waals surface area contributed by atoms with E-state index in [2.05, 4.69) is 22.5 Å². The van der Waals surface area contributed by atoms with Gasteiger partial charge in [-0.25, -0.2) is 9.78 Å². The van der Waals surface area contributed by atoms with Crippen LogP contribution in [0.4, 0.5) is 0 Å². The summed E-state index contributed by atoms with van der Waals surface area (Å²) < 4.78 is 10.6. The van der Waals surface area contributed by atoms with Crippen molar-refractivity contribution in [2.24, 2.45) is 10.4 Å². The SMILES string of the molecule is CCNC(=NCC1(CCOCC)CC1)NC(C)c1nc(C)c(C(=O)OCC)s1. The number of rotatable bonds is 11. The van der Waals surface area contributed by atoms with Crippen LogP contribution < -0.4 is 10.6 Å². The lowest BCUT2D eigenvalue weighted by atomic mass is 10.0. The van der Waals surface area contributed by atoms with E-state index in [4.69, 9.17) is 14.5 Å². The number of aliphatic imine (C=N–C) groups is 1. The molecule has 0 amide bonds. The van der Waals surface area contributed by atoms with Gasteiger partial charge in [-0.2, -0.15) is 0 Å². The van der Waals surface area contributed by atoms with Crippen molar-refractivity contribution in [1.29, 1.82) is 0 Å². The number of hydrogen-bond acceptors (Lipinski definition) is 6. The Kier molecular flexibility index (Phi) is 8.69. The van der Waals surface area contributed by atoms with Gasteiger partial charge in [0.25, 0.3) is 0 Å². The van der Waals surface area contributed by atoms with Gasteiger partial charge in [0.2, 0.25) is 0 Å². The van der Waals surface area contributed by atoms with Crippen LogP contribution in [0.3, 0.4) is 0 Å². The lowest BCUT2D eigenvalue weighted by Crippen LogP contribution is -2.39. The fourth-order valence-corrected chi connectivity index (χ4v) is 3.88. The Balaban J connectivity index is 1.99. The van der Waals surface area contributed by atoms with Crippen LogP contribution in [0, 0.1) is 12.3 Å². The van der Waals surface area contributed by atoms with Gasteiger partial charge in [0, 0.05) is 26.3 Å². The van der Waals surface area contributed by atoms with Gasteiger partial charge in [-0.3, -0.25) is 4.99 Å². The zero-order chi connectivity index (χ0) is 20.6. The Bertz CT molecular complexity index is 670. The summed E-state index contributed by atoms with van der Waals surface area (Å²) in [5.74, 6) is 0.477. The molecule has 8 heteroatoms. The predicted octanol–water partition coefficient (Wildman–Crippen LogP) is 3.45. The Labute approximate surface area is 172 Å². The maximum absolute atomic E-state index is 12.0. The number of ether oxygens (including phenoxy) is 2. The zero-order valence-corrected chi connectivity index (χ0v) is 18.6. The molecule has 1 aromatic rings. The lowest BCUT2D eigenvalue weighted by molar-refractivity contribution is 0.0531. The van der Waals surface area contributed by atoms with Gasteiger partial charge in [-0.05, 0) is 59.3 Å². The summed E-state index contributed by atoms with van der Waals surface area (Å²) in [5.41, 5.74) is 1.01. The number of carbonyl (C=O) groups excluding carboxylic acids is 1. The van der Waals surface area contributed by atoms with Gasteiger partial charge in [0.1, 0.15) is 9.88 Å². The van der Waals surface area contributed by atoms with E-state index in [0.29, 0.717) is 22.6 Å². The van der Waals surface area contributed by atoms with E-state index in [1.54, 1.807) is 6.92 Å². The molecule has 0 spiro atoms. The van der Waals surface area contributed by atoms with Crippen LogP contribution in [-0.2, 0) is 9.47 Å². The Morgan fingerprint density at radius 3 is 2.68 bits per heavy atom. The minimum atomic E-state index is -0.304. The first kappa shape index (κ1) is 22.6. The molecule has 1 heterocycles. The number of aromatic nitrogens is 1. The van der Waals surface area contributed by atoms with Crippen LogP contribution in [0.1, 0.15) is 73.4 Å². The van der Waals surface area contributed by atoms with E-state index in [1.165, 1.54) is 24.2 Å². The van der Waals surface area contributed by atoms with E-state index in [9.17, 15) is 4.79 Å². The maximum atomic E-state index is 12.0. The summed E-state index contributed by atoms with van der Waals surface area (Å²) in [6.07, 6.45) is 3.49. The van der Waals surface area contributed by atoms with Crippen LogP contribution in [0.2, 0.25) is 0 Å². The van der Waals surface area contributed by atoms with E-state index in [0.717, 1.165) is 43.7 Å². The van der Waals surface area contributed by atoms with E-state index in [1.807, 2.05) is 20.8 Å². The molecule has 0 radical (unpaired) electrons. The van der Waals surface area contributed by atoms with Crippen LogP contribution in [0.15, 0.2) is 4.99 Å². The molecule has 2 rings (SSSR count). The number of nitrogens with one attached hydrogen (secondary N) is 2. The average Bonchev–Trinajstić information content (AvgIpc) is 3.32. The molecular formula is C20H34N4O3S. The quantitative estimate of drug-likeness (QED) is 0.252. The van der Waals surface area contributed by atoms with Crippen molar-refractivity contribution < 1.29 is 14.3 Å². The topological polar surface area (TPSA) is 84.8 Å². The summed E-state index contributed by atoms with van der Waals surface area (Å²) >= 11 is 1.38. The fourth-order valence-electron chi connectivity index (χ4n) is 2.92. The van der Waals surface area contributed by atoms with Crippen molar-refractivity contribution in [3.8, 4) is 0 Å². The summed E-state index contributed by atoms with van der Waals surface area (Å²) in [6.45, 7) is 13.3. The highest BCUT2D eigenvalue weighted by molar-refractivity contribution is 7.13. The first-order valence-corrected chi connectivity index (χ1v) is 11.0. The Morgan fingerprint density at radius 2 is 2.07 bits per heavy atom. The van der Waals surface area contributed by atoms with Crippen LogP contribution in [0.25, 0.3) is 0 Å². The first-order valence-electron chi connectivity index (χ1n) is 10.2. The molecule has 0 bridgehead atoms. The van der Waals surface area contributed by atoms with Crippen molar-refractivity contribution in [2.75, 3.05) is 32.9 Å². The van der Waals surface area contributed by atoms with Gasteiger partial charge in [-0.15, -0.1) is 11.3 Å². The molecular weight excluding hydrogens is 376 g/mol. The predicted molar refractivity (Wildman–Crippen MR) is 113 cm³/mol. The van der Waals surface area contributed by atoms with Gasteiger partial charge in [0.05, 0.1) is 18.3 Å². The van der Waals surface area contributed by atoms with Crippen molar-refractivity contribution in [2.45, 2.75) is 59.9 Å². The number of aryl methyl sites for hydroxylation is 1. The smallest absolute Gasteiger partial charge is 0.350 e. The summed E-state index contributed by atoms with van der Waals surface area (Å²) in [4.78, 5) is 22.0. The second-order valence-electron chi connectivity index (χ2n) is 7.20. The van der Waals surface area contributed by atoms with Crippen molar-refractivity contribution in [3.63, 3.8) is 0 Å². The molecule has 1 aliphatic carbocycles. The van der Waals surface area contributed by atoms with Crippen LogP contribution >= 0.6 is 11.3 Å². The highest BCUT2D eigenvalue weighted by Gasteiger charge is 2.42.